The molecule has 0 spiro atoms. The summed E-state index contributed by atoms with van der Waals surface area (Å²) in [7, 11) is 0. The smallest absolute Gasteiger partial charge is 0.212 e. The van der Waals surface area contributed by atoms with Crippen LogP contribution in [-0.2, 0) is 13.0 Å². The minimum Gasteiger partial charge on any atom is -0.335 e. The van der Waals surface area contributed by atoms with Gasteiger partial charge in [-0.3, -0.25) is 4.79 Å². The molecule has 0 saturated heterocycles. The van der Waals surface area contributed by atoms with Gasteiger partial charge >= 0.3 is 0 Å². The van der Waals surface area contributed by atoms with Crippen molar-refractivity contribution in [3.8, 4) is 0 Å². The molecule has 0 atom stereocenters. The highest BCUT2D eigenvalue weighted by Gasteiger charge is 2.11. The molecule has 2 aromatic rings. The van der Waals surface area contributed by atoms with Gasteiger partial charge in [0.1, 0.15) is 5.69 Å². The van der Waals surface area contributed by atoms with E-state index in [4.69, 9.17) is 5.73 Å². The lowest BCUT2D eigenvalue weighted by Gasteiger charge is -2.01. The van der Waals surface area contributed by atoms with E-state index in [9.17, 15) is 4.79 Å². The fraction of sp³-hybridized carbons (Fsp3) is 0.333. The van der Waals surface area contributed by atoms with E-state index >= 15 is 0 Å². The second kappa shape index (κ2) is 6.29. The van der Waals surface area contributed by atoms with Crippen LogP contribution in [0.3, 0.4) is 0 Å². The number of ketones is 1. The van der Waals surface area contributed by atoms with Gasteiger partial charge in [-0.25, -0.2) is 4.98 Å². The van der Waals surface area contributed by atoms with Gasteiger partial charge in [-0.2, -0.15) is 0 Å². The number of hydrogen-bond acceptors (Lipinski definition) is 3. The number of nitrogens with zero attached hydrogens (tertiary/aromatic N) is 2. The van der Waals surface area contributed by atoms with E-state index in [2.05, 4.69) is 11.9 Å². The van der Waals surface area contributed by atoms with Gasteiger partial charge in [0.05, 0.1) is 6.33 Å². The molecule has 1 aromatic heterocycles. The standard InChI is InChI=1S/C15H19N3O/c1-2-3-12-4-6-13(7-5-12)15(19)14-10-18(9-8-16)11-17-14/h4-7,10-11H,2-3,8-9,16H2,1H3. The zero-order valence-electron chi connectivity index (χ0n) is 11.2. The van der Waals surface area contributed by atoms with Gasteiger partial charge in [0.15, 0.2) is 0 Å². The Morgan fingerprint density at radius 3 is 2.68 bits per heavy atom. The first kappa shape index (κ1) is 13.5. The third-order valence-electron chi connectivity index (χ3n) is 3.01. The number of nitrogens with two attached hydrogens (primary N) is 1. The average molecular weight is 257 g/mol. The topological polar surface area (TPSA) is 60.9 Å². The largest absolute Gasteiger partial charge is 0.335 e. The molecule has 0 aliphatic heterocycles. The molecule has 19 heavy (non-hydrogen) atoms. The van der Waals surface area contributed by atoms with E-state index < -0.39 is 0 Å². The minimum absolute atomic E-state index is 0.0428. The van der Waals surface area contributed by atoms with Crippen LogP contribution in [0.15, 0.2) is 36.8 Å². The Morgan fingerprint density at radius 2 is 2.05 bits per heavy atom. The van der Waals surface area contributed by atoms with E-state index in [0.717, 1.165) is 12.8 Å². The fourth-order valence-electron chi connectivity index (χ4n) is 2.01. The highest BCUT2D eigenvalue weighted by Crippen LogP contribution is 2.11. The first-order valence-electron chi connectivity index (χ1n) is 6.60. The Morgan fingerprint density at radius 1 is 1.32 bits per heavy atom. The molecule has 4 nitrogen and oxygen atoms in total. The molecule has 4 heteroatoms. The van der Waals surface area contributed by atoms with Crippen LogP contribution in [0.1, 0.15) is 35.0 Å². The molecule has 1 aromatic carbocycles. The first-order chi connectivity index (χ1) is 9.24. The zero-order valence-corrected chi connectivity index (χ0v) is 11.2. The lowest BCUT2D eigenvalue weighted by Crippen LogP contribution is -2.08. The van der Waals surface area contributed by atoms with Gasteiger partial charge in [-0.05, 0) is 12.0 Å². The van der Waals surface area contributed by atoms with Crippen LogP contribution in [0.2, 0.25) is 0 Å². The Balaban J connectivity index is 2.13. The summed E-state index contributed by atoms with van der Waals surface area (Å²) in [5.41, 5.74) is 7.87. The van der Waals surface area contributed by atoms with Crippen molar-refractivity contribution in [3.63, 3.8) is 0 Å². The maximum absolute atomic E-state index is 12.2. The van der Waals surface area contributed by atoms with Gasteiger partial charge in [-0.1, -0.05) is 37.6 Å². The maximum atomic E-state index is 12.2. The third-order valence-corrected chi connectivity index (χ3v) is 3.01. The second-order valence-electron chi connectivity index (χ2n) is 4.56. The molecule has 0 amide bonds. The summed E-state index contributed by atoms with van der Waals surface area (Å²) in [6.07, 6.45) is 5.54. The predicted octanol–water partition coefficient (Wildman–Crippen LogP) is 2.03. The molecule has 0 fully saturated rings. The van der Waals surface area contributed by atoms with Crippen molar-refractivity contribution in [2.45, 2.75) is 26.3 Å². The van der Waals surface area contributed by atoms with Crippen LogP contribution in [0.4, 0.5) is 0 Å². The molecular formula is C15H19N3O. The summed E-state index contributed by atoms with van der Waals surface area (Å²) in [6.45, 7) is 3.36. The van der Waals surface area contributed by atoms with Crippen molar-refractivity contribution in [3.05, 3.63) is 53.6 Å². The quantitative estimate of drug-likeness (QED) is 0.805. The molecule has 0 aliphatic rings. The normalized spacial score (nSPS) is 10.6. The second-order valence-corrected chi connectivity index (χ2v) is 4.56. The molecule has 2 N–H and O–H groups in total. The number of aromatic nitrogens is 2. The Labute approximate surface area is 113 Å². The predicted molar refractivity (Wildman–Crippen MR) is 75.2 cm³/mol. The van der Waals surface area contributed by atoms with Gasteiger partial charge in [-0.15, -0.1) is 0 Å². The van der Waals surface area contributed by atoms with Crippen LogP contribution in [0, 0.1) is 0 Å². The van der Waals surface area contributed by atoms with E-state index in [1.807, 2.05) is 28.8 Å². The summed E-state index contributed by atoms with van der Waals surface area (Å²) < 4.78 is 1.83. The lowest BCUT2D eigenvalue weighted by molar-refractivity contribution is 0.103. The van der Waals surface area contributed by atoms with Crippen LogP contribution in [0.25, 0.3) is 0 Å². The van der Waals surface area contributed by atoms with Crippen molar-refractivity contribution in [2.24, 2.45) is 5.73 Å². The van der Waals surface area contributed by atoms with Gasteiger partial charge < -0.3 is 10.3 Å². The Hall–Kier alpha value is -1.94. The van der Waals surface area contributed by atoms with Gasteiger partial charge in [0, 0.05) is 24.8 Å². The Bertz CT molecular complexity index is 543. The fourth-order valence-corrected chi connectivity index (χ4v) is 2.01. The van der Waals surface area contributed by atoms with Crippen molar-refractivity contribution in [1.82, 2.24) is 9.55 Å². The first-order valence-corrected chi connectivity index (χ1v) is 6.60. The average Bonchev–Trinajstić information content (AvgIpc) is 2.88. The molecule has 100 valence electrons. The van der Waals surface area contributed by atoms with Crippen LogP contribution < -0.4 is 5.73 Å². The van der Waals surface area contributed by atoms with E-state index in [1.54, 1.807) is 12.5 Å². The maximum Gasteiger partial charge on any atom is 0.212 e. The van der Waals surface area contributed by atoms with Crippen molar-refractivity contribution in [1.29, 1.82) is 0 Å². The number of carbonyl (C=O) groups excluding carboxylic acids is 1. The van der Waals surface area contributed by atoms with E-state index in [0.29, 0.717) is 24.3 Å². The van der Waals surface area contributed by atoms with Crippen LogP contribution in [0.5, 0.6) is 0 Å². The van der Waals surface area contributed by atoms with E-state index in [-0.39, 0.29) is 5.78 Å². The van der Waals surface area contributed by atoms with Crippen LogP contribution in [-0.4, -0.2) is 21.9 Å². The van der Waals surface area contributed by atoms with Gasteiger partial charge in [0.25, 0.3) is 0 Å². The Kier molecular flexibility index (Phi) is 4.47. The third kappa shape index (κ3) is 3.29. The summed E-state index contributed by atoms with van der Waals surface area (Å²) in [5.74, 6) is -0.0428. The monoisotopic (exact) mass is 257 g/mol. The SMILES string of the molecule is CCCc1ccc(C(=O)c2cn(CCN)cn2)cc1. The number of hydrogen-bond donors (Lipinski definition) is 1. The summed E-state index contributed by atoms with van der Waals surface area (Å²) in [4.78, 5) is 16.4. The number of carbonyl (C=O) groups is 1. The van der Waals surface area contributed by atoms with Crippen molar-refractivity contribution < 1.29 is 4.79 Å². The van der Waals surface area contributed by atoms with Gasteiger partial charge in [0.2, 0.25) is 5.78 Å². The minimum atomic E-state index is -0.0428. The molecule has 0 bridgehead atoms. The molecule has 2 rings (SSSR count). The summed E-state index contributed by atoms with van der Waals surface area (Å²) in [5, 5.41) is 0. The molecule has 0 radical (unpaired) electrons. The molecule has 0 saturated carbocycles. The highest BCUT2D eigenvalue weighted by atomic mass is 16.1. The van der Waals surface area contributed by atoms with Crippen LogP contribution >= 0.6 is 0 Å². The summed E-state index contributed by atoms with van der Waals surface area (Å²) >= 11 is 0. The number of aryl methyl sites for hydroxylation is 1. The molecule has 1 heterocycles. The lowest BCUT2D eigenvalue weighted by atomic mass is 10.0. The van der Waals surface area contributed by atoms with Crippen molar-refractivity contribution >= 4 is 5.78 Å². The molecular weight excluding hydrogens is 238 g/mol. The molecule has 0 unspecified atom stereocenters. The van der Waals surface area contributed by atoms with Crippen molar-refractivity contribution in [2.75, 3.05) is 6.54 Å². The zero-order chi connectivity index (χ0) is 13.7. The van der Waals surface area contributed by atoms with E-state index in [1.165, 1.54) is 5.56 Å². The molecule has 0 aliphatic carbocycles. The number of imidazole rings is 1. The number of benzene rings is 1. The highest BCUT2D eigenvalue weighted by molar-refractivity contribution is 6.07. The number of rotatable bonds is 6. The summed E-state index contributed by atoms with van der Waals surface area (Å²) in [6, 6.07) is 7.76.